The number of rotatable bonds is 3. The minimum Gasteiger partial charge on any atom is -0.275 e. The molecule has 3 nitrogen and oxygen atoms in total. The van der Waals surface area contributed by atoms with Crippen molar-refractivity contribution < 1.29 is 13.2 Å². The van der Waals surface area contributed by atoms with Gasteiger partial charge in [0.25, 0.3) is 5.24 Å². The van der Waals surface area contributed by atoms with Crippen LogP contribution in [0, 0.1) is 6.92 Å². The molecule has 0 N–H and O–H groups in total. The highest BCUT2D eigenvalue weighted by Crippen LogP contribution is 2.31. The maximum Gasteiger partial charge on any atom is 0.262 e. The van der Waals surface area contributed by atoms with Crippen molar-refractivity contribution in [2.24, 2.45) is 0 Å². The highest BCUT2D eigenvalue weighted by atomic mass is 35.5. The summed E-state index contributed by atoms with van der Waals surface area (Å²) in [6.07, 6.45) is 0. The van der Waals surface area contributed by atoms with Crippen LogP contribution in [0.2, 0.25) is 5.02 Å². The first-order valence-corrected chi connectivity index (χ1v) is 8.24. The maximum absolute atomic E-state index is 12.4. The lowest BCUT2D eigenvalue weighted by molar-refractivity contribution is 0.108. The normalized spacial score (nSPS) is 11.5. The predicted molar refractivity (Wildman–Crippen MR) is 76.1 cm³/mol. The largest absolute Gasteiger partial charge is 0.275 e. The van der Waals surface area contributed by atoms with Crippen LogP contribution in [-0.4, -0.2) is 13.7 Å². The van der Waals surface area contributed by atoms with E-state index in [0.29, 0.717) is 10.6 Å². The van der Waals surface area contributed by atoms with Gasteiger partial charge in [0.15, 0.2) is 0 Å². The molecule has 19 heavy (non-hydrogen) atoms. The summed E-state index contributed by atoms with van der Waals surface area (Å²) in [6, 6.07) is 5.86. The van der Waals surface area contributed by atoms with Gasteiger partial charge in [-0.05, 0) is 48.4 Å². The fraction of sp³-hybridized carbons (Fsp3) is 0.0833. The first-order valence-electron chi connectivity index (χ1n) is 5.12. The summed E-state index contributed by atoms with van der Waals surface area (Å²) in [5.74, 6) is 0. The zero-order chi connectivity index (χ0) is 14.2. The van der Waals surface area contributed by atoms with E-state index in [9.17, 15) is 13.2 Å². The molecule has 0 saturated heterocycles. The summed E-state index contributed by atoms with van der Waals surface area (Å²) < 4.78 is 24.8. The van der Waals surface area contributed by atoms with Crippen molar-refractivity contribution in [2.75, 3.05) is 0 Å². The highest BCUT2D eigenvalue weighted by molar-refractivity contribution is 7.91. The van der Waals surface area contributed by atoms with Crippen LogP contribution in [0.5, 0.6) is 0 Å². The number of benzene rings is 1. The van der Waals surface area contributed by atoms with Crippen LogP contribution in [0.3, 0.4) is 0 Å². The van der Waals surface area contributed by atoms with Gasteiger partial charge >= 0.3 is 0 Å². The van der Waals surface area contributed by atoms with E-state index in [2.05, 4.69) is 0 Å². The van der Waals surface area contributed by atoms with Gasteiger partial charge in [0, 0.05) is 10.4 Å². The number of carbonyl (C=O) groups excluding carboxylic acids is 1. The molecule has 0 aliphatic carbocycles. The molecule has 1 heterocycles. The van der Waals surface area contributed by atoms with E-state index < -0.39 is 15.1 Å². The van der Waals surface area contributed by atoms with Gasteiger partial charge < -0.3 is 0 Å². The summed E-state index contributed by atoms with van der Waals surface area (Å²) in [4.78, 5) is 11.6. The molecule has 0 radical (unpaired) electrons. The van der Waals surface area contributed by atoms with Crippen LogP contribution >= 0.6 is 34.5 Å². The van der Waals surface area contributed by atoms with Crippen LogP contribution in [0.25, 0.3) is 0 Å². The summed E-state index contributed by atoms with van der Waals surface area (Å²) in [5, 5.41) is 1.23. The number of thiophene rings is 1. The van der Waals surface area contributed by atoms with Crippen LogP contribution in [0.15, 0.2) is 39.4 Å². The van der Waals surface area contributed by atoms with Crippen molar-refractivity contribution in [2.45, 2.75) is 16.7 Å². The SMILES string of the molecule is Cc1c(S(=O)(=O)c2ccc(Cl)cc2)csc1C(=O)Cl. The van der Waals surface area contributed by atoms with E-state index in [1.54, 1.807) is 6.92 Å². The molecule has 7 heteroatoms. The van der Waals surface area contributed by atoms with Crippen molar-refractivity contribution in [1.82, 2.24) is 0 Å². The Hall–Kier alpha value is -0.880. The number of hydrogen-bond donors (Lipinski definition) is 0. The lowest BCUT2D eigenvalue weighted by atomic mass is 10.3. The second-order valence-electron chi connectivity index (χ2n) is 3.79. The molecule has 100 valence electrons. The zero-order valence-electron chi connectivity index (χ0n) is 9.68. The Kier molecular flexibility index (Phi) is 4.01. The second-order valence-corrected chi connectivity index (χ2v) is 7.36. The Labute approximate surface area is 124 Å². The Bertz CT molecular complexity index is 731. The van der Waals surface area contributed by atoms with Gasteiger partial charge in [-0.2, -0.15) is 0 Å². The molecule has 0 saturated carbocycles. The minimum atomic E-state index is -3.66. The standard InChI is InChI=1S/C12H8Cl2O3S2/c1-7-10(6-18-11(7)12(14)15)19(16,17)9-4-2-8(13)3-5-9/h2-6H,1H3. The van der Waals surface area contributed by atoms with Crippen molar-refractivity contribution in [3.8, 4) is 0 Å². The number of halogens is 2. The molecule has 2 rings (SSSR count). The lowest BCUT2D eigenvalue weighted by Crippen LogP contribution is -2.03. The molecule has 1 aromatic carbocycles. The highest BCUT2D eigenvalue weighted by Gasteiger charge is 2.24. The molecule has 0 unspecified atom stereocenters. The first kappa shape index (κ1) is 14.5. The van der Waals surface area contributed by atoms with Gasteiger partial charge in [-0.15, -0.1) is 11.3 Å². The maximum atomic E-state index is 12.4. The van der Waals surface area contributed by atoms with Crippen molar-refractivity contribution in [3.63, 3.8) is 0 Å². The van der Waals surface area contributed by atoms with Gasteiger partial charge in [0.2, 0.25) is 9.84 Å². The Morgan fingerprint density at radius 2 is 1.79 bits per heavy atom. The average Bonchev–Trinajstić information content (AvgIpc) is 2.72. The van der Waals surface area contributed by atoms with Gasteiger partial charge in [-0.3, -0.25) is 4.79 Å². The van der Waals surface area contributed by atoms with Gasteiger partial charge in [0.1, 0.15) is 0 Å². The van der Waals surface area contributed by atoms with Gasteiger partial charge in [-0.25, -0.2) is 8.42 Å². The molecule has 0 amide bonds. The van der Waals surface area contributed by atoms with E-state index >= 15 is 0 Å². The van der Waals surface area contributed by atoms with E-state index in [1.165, 1.54) is 29.6 Å². The number of sulfone groups is 1. The summed E-state index contributed by atoms with van der Waals surface area (Å²) in [5.41, 5.74) is 0.375. The number of carbonyl (C=O) groups is 1. The Morgan fingerprint density at radius 1 is 1.21 bits per heavy atom. The molecule has 0 spiro atoms. The molecular weight excluding hydrogens is 327 g/mol. The van der Waals surface area contributed by atoms with Crippen LogP contribution in [0.4, 0.5) is 0 Å². The lowest BCUT2D eigenvalue weighted by Gasteiger charge is -2.04. The third kappa shape index (κ3) is 2.69. The smallest absolute Gasteiger partial charge is 0.262 e. The van der Waals surface area contributed by atoms with Gasteiger partial charge in [0.05, 0.1) is 14.7 Å². The molecular formula is C12H8Cl2O3S2. The quantitative estimate of drug-likeness (QED) is 0.799. The molecule has 0 aliphatic rings. The third-order valence-electron chi connectivity index (χ3n) is 2.59. The zero-order valence-corrected chi connectivity index (χ0v) is 12.8. The van der Waals surface area contributed by atoms with Crippen molar-refractivity contribution >= 4 is 49.6 Å². The van der Waals surface area contributed by atoms with E-state index in [1.807, 2.05) is 0 Å². The van der Waals surface area contributed by atoms with Crippen molar-refractivity contribution in [1.29, 1.82) is 0 Å². The molecule has 0 aliphatic heterocycles. The van der Waals surface area contributed by atoms with Crippen LogP contribution in [-0.2, 0) is 9.84 Å². The summed E-state index contributed by atoms with van der Waals surface area (Å²) in [6.45, 7) is 1.56. The Balaban J connectivity index is 2.57. The Morgan fingerprint density at radius 3 is 2.26 bits per heavy atom. The van der Waals surface area contributed by atoms with E-state index in [0.717, 1.165) is 11.3 Å². The minimum absolute atomic E-state index is 0.101. The number of hydrogen-bond acceptors (Lipinski definition) is 4. The predicted octanol–water partition coefficient (Wildman–Crippen LogP) is 3.92. The molecule has 2 aromatic rings. The van der Waals surface area contributed by atoms with E-state index in [4.69, 9.17) is 23.2 Å². The first-order chi connectivity index (χ1) is 8.84. The molecule has 0 fully saturated rings. The van der Waals surface area contributed by atoms with Crippen molar-refractivity contribution in [3.05, 3.63) is 45.1 Å². The van der Waals surface area contributed by atoms with Gasteiger partial charge in [-0.1, -0.05) is 11.6 Å². The van der Waals surface area contributed by atoms with Crippen LogP contribution < -0.4 is 0 Å². The third-order valence-corrected chi connectivity index (χ3v) is 6.26. The average molecular weight is 335 g/mol. The molecule has 0 atom stereocenters. The summed E-state index contributed by atoms with van der Waals surface area (Å²) >= 11 is 12.1. The molecule has 0 bridgehead atoms. The topological polar surface area (TPSA) is 51.2 Å². The fourth-order valence-corrected chi connectivity index (χ4v) is 4.75. The van der Waals surface area contributed by atoms with E-state index in [-0.39, 0.29) is 14.7 Å². The molecule has 1 aromatic heterocycles. The van der Waals surface area contributed by atoms with Crippen LogP contribution in [0.1, 0.15) is 15.2 Å². The monoisotopic (exact) mass is 334 g/mol. The fourth-order valence-electron chi connectivity index (χ4n) is 1.60. The second kappa shape index (κ2) is 5.25. The summed E-state index contributed by atoms with van der Waals surface area (Å²) in [7, 11) is -3.66.